The summed E-state index contributed by atoms with van der Waals surface area (Å²) in [5.74, 6) is 0.972. The van der Waals surface area contributed by atoms with E-state index >= 15 is 0 Å². The molecule has 0 aliphatic carbocycles. The first-order valence-electron chi connectivity index (χ1n) is 8.85. The van der Waals surface area contributed by atoms with Crippen LogP contribution < -0.4 is 10.6 Å². The standard InChI is InChI=1S/C18H24ClN5OS.ClH/c1-12(13-4-3-7-20-10-13)8-17(25)22-14-5-6-16(15(19)9-14)26-18-23-21-11-24(18)2;/h5-6,9,11-13,20H,3-4,7-8,10H2,1-2H3,(H,22,25);1H. The number of halogens is 2. The predicted octanol–water partition coefficient (Wildman–Crippen LogP) is 4.01. The van der Waals surface area contributed by atoms with Gasteiger partial charge in [-0.2, -0.15) is 0 Å². The Hall–Kier alpha value is -1.28. The lowest BCUT2D eigenvalue weighted by atomic mass is 9.85. The number of hydrogen-bond acceptors (Lipinski definition) is 5. The van der Waals surface area contributed by atoms with Crippen LogP contribution in [0.2, 0.25) is 5.02 Å². The summed E-state index contributed by atoms with van der Waals surface area (Å²) in [6.45, 7) is 4.26. The average Bonchev–Trinajstić information content (AvgIpc) is 3.03. The minimum Gasteiger partial charge on any atom is -0.326 e. The summed E-state index contributed by atoms with van der Waals surface area (Å²) >= 11 is 7.81. The summed E-state index contributed by atoms with van der Waals surface area (Å²) in [4.78, 5) is 13.2. The van der Waals surface area contributed by atoms with Crippen molar-refractivity contribution in [3.05, 3.63) is 29.5 Å². The van der Waals surface area contributed by atoms with Gasteiger partial charge in [-0.25, -0.2) is 0 Å². The van der Waals surface area contributed by atoms with E-state index in [9.17, 15) is 4.79 Å². The fourth-order valence-electron chi connectivity index (χ4n) is 3.16. The molecule has 0 bridgehead atoms. The summed E-state index contributed by atoms with van der Waals surface area (Å²) < 4.78 is 1.83. The molecule has 1 aromatic carbocycles. The van der Waals surface area contributed by atoms with Crippen molar-refractivity contribution in [3.63, 3.8) is 0 Å². The molecule has 0 radical (unpaired) electrons. The van der Waals surface area contributed by atoms with E-state index in [1.165, 1.54) is 24.6 Å². The van der Waals surface area contributed by atoms with Gasteiger partial charge in [-0.15, -0.1) is 22.6 Å². The van der Waals surface area contributed by atoms with E-state index < -0.39 is 0 Å². The number of carbonyl (C=O) groups excluding carboxylic acids is 1. The Morgan fingerprint density at radius 3 is 2.96 bits per heavy atom. The van der Waals surface area contributed by atoms with E-state index in [1.54, 1.807) is 12.4 Å². The summed E-state index contributed by atoms with van der Waals surface area (Å²) in [6.07, 6.45) is 4.56. The van der Waals surface area contributed by atoms with Crippen LogP contribution in [-0.4, -0.2) is 33.8 Å². The van der Waals surface area contributed by atoms with Gasteiger partial charge in [-0.3, -0.25) is 4.79 Å². The number of carbonyl (C=O) groups is 1. The Labute approximate surface area is 175 Å². The lowest BCUT2D eigenvalue weighted by Gasteiger charge is -2.28. The number of piperidine rings is 1. The van der Waals surface area contributed by atoms with Gasteiger partial charge < -0.3 is 15.2 Å². The van der Waals surface area contributed by atoms with Gasteiger partial charge in [0.2, 0.25) is 5.91 Å². The van der Waals surface area contributed by atoms with E-state index in [-0.39, 0.29) is 18.3 Å². The number of anilines is 1. The van der Waals surface area contributed by atoms with Crippen molar-refractivity contribution >= 4 is 47.4 Å². The number of benzene rings is 1. The van der Waals surface area contributed by atoms with Crippen molar-refractivity contribution < 1.29 is 4.79 Å². The average molecular weight is 430 g/mol. The zero-order valence-corrected chi connectivity index (χ0v) is 17.8. The number of hydrogen-bond donors (Lipinski definition) is 2. The SMILES string of the molecule is CC(CC(=O)Nc1ccc(Sc2nncn2C)c(Cl)c1)C1CCCNC1.Cl. The molecule has 148 valence electrons. The first-order chi connectivity index (χ1) is 12.5. The molecule has 1 aliphatic rings. The summed E-state index contributed by atoms with van der Waals surface area (Å²) in [5, 5.41) is 15.6. The third-order valence-electron chi connectivity index (χ3n) is 4.73. The monoisotopic (exact) mass is 429 g/mol. The van der Waals surface area contributed by atoms with Crippen LogP contribution in [0, 0.1) is 11.8 Å². The highest BCUT2D eigenvalue weighted by Crippen LogP contribution is 2.33. The van der Waals surface area contributed by atoms with Gasteiger partial charge in [0.05, 0.1) is 5.02 Å². The molecule has 3 rings (SSSR count). The molecule has 27 heavy (non-hydrogen) atoms. The maximum Gasteiger partial charge on any atom is 0.224 e. The van der Waals surface area contributed by atoms with E-state index in [0.29, 0.717) is 23.3 Å². The smallest absolute Gasteiger partial charge is 0.224 e. The van der Waals surface area contributed by atoms with Gasteiger partial charge in [0.15, 0.2) is 5.16 Å². The molecule has 1 saturated heterocycles. The highest BCUT2D eigenvalue weighted by molar-refractivity contribution is 7.99. The molecule has 2 heterocycles. The summed E-state index contributed by atoms with van der Waals surface area (Å²) in [6, 6.07) is 5.55. The summed E-state index contributed by atoms with van der Waals surface area (Å²) in [5.41, 5.74) is 0.719. The molecule has 1 fully saturated rings. The van der Waals surface area contributed by atoms with Crippen LogP contribution in [0.1, 0.15) is 26.2 Å². The maximum absolute atomic E-state index is 12.4. The zero-order chi connectivity index (χ0) is 18.5. The first kappa shape index (κ1) is 22.0. The zero-order valence-electron chi connectivity index (χ0n) is 15.4. The van der Waals surface area contributed by atoms with Crippen LogP contribution in [0.15, 0.2) is 34.6 Å². The van der Waals surface area contributed by atoms with Gasteiger partial charge in [0.1, 0.15) is 6.33 Å². The Kier molecular flexibility index (Phi) is 8.41. The Balaban J connectivity index is 0.00000261. The molecule has 1 aromatic heterocycles. The number of nitrogens with one attached hydrogen (secondary N) is 2. The van der Waals surface area contributed by atoms with Crippen molar-refractivity contribution in [1.29, 1.82) is 0 Å². The minimum atomic E-state index is 0. The lowest BCUT2D eigenvalue weighted by Crippen LogP contribution is -2.34. The minimum absolute atomic E-state index is 0. The predicted molar refractivity (Wildman–Crippen MR) is 112 cm³/mol. The highest BCUT2D eigenvalue weighted by atomic mass is 35.5. The van der Waals surface area contributed by atoms with Crippen LogP contribution in [-0.2, 0) is 11.8 Å². The van der Waals surface area contributed by atoms with Crippen molar-refractivity contribution in [2.24, 2.45) is 18.9 Å². The molecule has 6 nitrogen and oxygen atoms in total. The number of aromatic nitrogens is 3. The molecule has 2 atom stereocenters. The van der Waals surface area contributed by atoms with Gasteiger partial charge in [-0.05, 0) is 67.7 Å². The number of aryl methyl sites for hydroxylation is 1. The molecule has 2 aromatic rings. The van der Waals surface area contributed by atoms with E-state index in [4.69, 9.17) is 11.6 Å². The molecule has 0 spiro atoms. The van der Waals surface area contributed by atoms with Gasteiger partial charge >= 0.3 is 0 Å². The van der Waals surface area contributed by atoms with Gasteiger partial charge in [0, 0.05) is 24.1 Å². The van der Waals surface area contributed by atoms with Crippen molar-refractivity contribution in [2.75, 3.05) is 18.4 Å². The summed E-state index contributed by atoms with van der Waals surface area (Å²) in [7, 11) is 1.88. The van der Waals surface area contributed by atoms with Crippen molar-refractivity contribution in [1.82, 2.24) is 20.1 Å². The molecule has 0 saturated carbocycles. The Morgan fingerprint density at radius 1 is 1.52 bits per heavy atom. The van der Waals surface area contributed by atoms with E-state index in [2.05, 4.69) is 27.8 Å². The van der Waals surface area contributed by atoms with Crippen molar-refractivity contribution in [2.45, 2.75) is 36.2 Å². The van der Waals surface area contributed by atoms with Crippen LogP contribution in [0.4, 0.5) is 5.69 Å². The molecule has 9 heteroatoms. The number of rotatable bonds is 6. The third kappa shape index (κ3) is 6.10. The fraction of sp³-hybridized carbons (Fsp3) is 0.500. The quantitative estimate of drug-likeness (QED) is 0.725. The second kappa shape index (κ2) is 10.3. The van der Waals surface area contributed by atoms with Crippen LogP contribution in [0.25, 0.3) is 0 Å². The number of nitrogens with zero attached hydrogens (tertiary/aromatic N) is 3. The first-order valence-corrected chi connectivity index (χ1v) is 10.0. The second-order valence-corrected chi connectivity index (χ2v) is 8.22. The lowest BCUT2D eigenvalue weighted by molar-refractivity contribution is -0.117. The molecular weight excluding hydrogens is 405 g/mol. The molecule has 1 aliphatic heterocycles. The van der Waals surface area contributed by atoms with Crippen LogP contribution in [0.3, 0.4) is 0 Å². The van der Waals surface area contributed by atoms with Crippen LogP contribution in [0.5, 0.6) is 0 Å². The van der Waals surface area contributed by atoms with E-state index in [0.717, 1.165) is 28.8 Å². The number of amides is 1. The third-order valence-corrected chi connectivity index (χ3v) is 6.29. The molecular formula is C18H25Cl2N5OS. The van der Waals surface area contributed by atoms with E-state index in [1.807, 2.05) is 23.7 Å². The van der Waals surface area contributed by atoms with Gasteiger partial charge in [0.25, 0.3) is 0 Å². The normalized spacial score (nSPS) is 17.8. The second-order valence-electron chi connectivity index (χ2n) is 6.81. The highest BCUT2D eigenvalue weighted by Gasteiger charge is 2.22. The Morgan fingerprint density at radius 2 is 2.33 bits per heavy atom. The van der Waals surface area contributed by atoms with Crippen molar-refractivity contribution in [3.8, 4) is 0 Å². The topological polar surface area (TPSA) is 71.8 Å². The molecule has 1 amide bonds. The maximum atomic E-state index is 12.4. The molecule has 2 unspecified atom stereocenters. The van der Waals surface area contributed by atoms with Gasteiger partial charge in [-0.1, -0.05) is 18.5 Å². The fourth-order valence-corrected chi connectivity index (χ4v) is 4.22. The molecule has 2 N–H and O–H groups in total. The largest absolute Gasteiger partial charge is 0.326 e. The Bertz CT molecular complexity index is 764. The van der Waals surface area contributed by atoms with Crippen LogP contribution >= 0.6 is 35.8 Å².